The lowest BCUT2D eigenvalue weighted by molar-refractivity contribution is -0.384. The summed E-state index contributed by atoms with van der Waals surface area (Å²) in [5.41, 5.74) is -0.0674. The second kappa shape index (κ2) is 8.54. The van der Waals surface area contributed by atoms with Gasteiger partial charge in [-0.1, -0.05) is 34.8 Å². The van der Waals surface area contributed by atoms with Crippen LogP contribution in [0.1, 0.15) is 0 Å². The molecular weight excluding hydrogens is 403 g/mol. The third-order valence-corrected chi connectivity index (χ3v) is 3.94. The molecule has 0 atom stereocenters. The molecule has 0 saturated carbocycles. The molecular formula is C16H9Cl3N4O3. The predicted octanol–water partition coefficient (Wildman–Crippen LogP) is 5.01. The Labute approximate surface area is 162 Å². The Morgan fingerprint density at radius 1 is 1.15 bits per heavy atom. The second-order valence-electron chi connectivity index (χ2n) is 4.82. The summed E-state index contributed by atoms with van der Waals surface area (Å²) in [7, 11) is 0. The number of nitro benzene ring substituents is 1. The van der Waals surface area contributed by atoms with Crippen molar-refractivity contribution in [3.63, 3.8) is 0 Å². The van der Waals surface area contributed by atoms with E-state index in [1.165, 1.54) is 18.2 Å². The van der Waals surface area contributed by atoms with E-state index in [2.05, 4.69) is 10.6 Å². The van der Waals surface area contributed by atoms with Crippen molar-refractivity contribution in [2.75, 3.05) is 10.6 Å². The van der Waals surface area contributed by atoms with E-state index in [0.717, 1.165) is 12.3 Å². The molecule has 0 aliphatic rings. The smallest absolute Gasteiger partial charge is 0.289 e. The van der Waals surface area contributed by atoms with Gasteiger partial charge in [0.05, 0.1) is 15.6 Å². The van der Waals surface area contributed by atoms with E-state index in [1.807, 2.05) is 0 Å². The van der Waals surface area contributed by atoms with E-state index in [9.17, 15) is 14.9 Å². The van der Waals surface area contributed by atoms with Gasteiger partial charge in [-0.05, 0) is 30.3 Å². The summed E-state index contributed by atoms with van der Waals surface area (Å²) in [5, 5.41) is 25.8. The second-order valence-corrected chi connectivity index (χ2v) is 6.07. The maximum absolute atomic E-state index is 12.2. The highest BCUT2D eigenvalue weighted by Crippen LogP contribution is 2.28. The lowest BCUT2D eigenvalue weighted by Crippen LogP contribution is -2.14. The van der Waals surface area contributed by atoms with E-state index in [0.29, 0.717) is 15.7 Å². The summed E-state index contributed by atoms with van der Waals surface area (Å²) in [4.78, 5) is 22.4. The molecule has 2 rings (SSSR count). The molecule has 0 spiro atoms. The normalized spacial score (nSPS) is 10.8. The van der Waals surface area contributed by atoms with Crippen LogP contribution in [-0.4, -0.2) is 10.8 Å². The van der Waals surface area contributed by atoms with Gasteiger partial charge in [0.15, 0.2) is 0 Å². The molecule has 2 aromatic rings. The fraction of sp³-hybridized carbons (Fsp3) is 0. The summed E-state index contributed by atoms with van der Waals surface area (Å²) in [6.07, 6.45) is 1.16. The number of nitrogens with zero attached hydrogens (tertiary/aromatic N) is 2. The van der Waals surface area contributed by atoms with Crippen molar-refractivity contribution in [2.45, 2.75) is 0 Å². The molecule has 0 aliphatic heterocycles. The molecule has 0 aromatic heterocycles. The predicted molar refractivity (Wildman–Crippen MR) is 101 cm³/mol. The minimum absolute atomic E-state index is 0.0666. The monoisotopic (exact) mass is 410 g/mol. The number of nitrogens with one attached hydrogen (secondary N) is 2. The Hall–Kier alpha value is -2.79. The number of hydrogen-bond donors (Lipinski definition) is 2. The zero-order valence-corrected chi connectivity index (χ0v) is 15.1. The number of benzene rings is 2. The van der Waals surface area contributed by atoms with Crippen molar-refractivity contribution in [3.8, 4) is 6.07 Å². The third-order valence-electron chi connectivity index (χ3n) is 3.07. The fourth-order valence-electron chi connectivity index (χ4n) is 1.83. The van der Waals surface area contributed by atoms with Crippen molar-refractivity contribution in [1.29, 1.82) is 5.26 Å². The van der Waals surface area contributed by atoms with Gasteiger partial charge >= 0.3 is 0 Å². The van der Waals surface area contributed by atoms with Crippen molar-refractivity contribution >= 4 is 57.8 Å². The molecule has 26 heavy (non-hydrogen) atoms. The summed E-state index contributed by atoms with van der Waals surface area (Å²) in [6.45, 7) is 0. The number of nitriles is 1. The number of anilines is 2. The summed E-state index contributed by atoms with van der Waals surface area (Å²) in [5.74, 6) is -0.762. The van der Waals surface area contributed by atoms with Gasteiger partial charge in [0.25, 0.3) is 11.6 Å². The molecule has 0 aliphatic carbocycles. The molecule has 0 unspecified atom stereocenters. The lowest BCUT2D eigenvalue weighted by Gasteiger charge is -2.07. The van der Waals surface area contributed by atoms with Crippen LogP contribution in [0.5, 0.6) is 0 Å². The summed E-state index contributed by atoms with van der Waals surface area (Å²) >= 11 is 17.5. The highest BCUT2D eigenvalue weighted by atomic mass is 35.5. The van der Waals surface area contributed by atoms with E-state index in [4.69, 9.17) is 40.1 Å². The van der Waals surface area contributed by atoms with Crippen LogP contribution in [-0.2, 0) is 4.79 Å². The van der Waals surface area contributed by atoms with E-state index in [1.54, 1.807) is 18.2 Å². The van der Waals surface area contributed by atoms with Crippen LogP contribution >= 0.6 is 34.8 Å². The van der Waals surface area contributed by atoms with Crippen LogP contribution in [0.4, 0.5) is 17.1 Å². The number of amides is 1. The Kier molecular flexibility index (Phi) is 6.41. The number of carbonyl (C=O) groups excluding carboxylic acids is 1. The Balaban J connectivity index is 2.17. The first-order chi connectivity index (χ1) is 12.3. The Bertz CT molecular complexity index is 954. The largest absolute Gasteiger partial charge is 0.359 e. The van der Waals surface area contributed by atoms with Gasteiger partial charge in [-0.25, -0.2) is 0 Å². The minimum Gasteiger partial charge on any atom is -0.359 e. The van der Waals surface area contributed by atoms with Gasteiger partial charge in [0.2, 0.25) is 0 Å². The number of halogens is 3. The molecule has 0 heterocycles. The molecule has 132 valence electrons. The summed E-state index contributed by atoms with van der Waals surface area (Å²) in [6, 6.07) is 10.1. The van der Waals surface area contributed by atoms with Crippen LogP contribution < -0.4 is 10.6 Å². The first kappa shape index (κ1) is 19.5. The van der Waals surface area contributed by atoms with Gasteiger partial charge in [-0.2, -0.15) is 5.26 Å². The average Bonchev–Trinajstić information content (AvgIpc) is 2.58. The zero-order valence-electron chi connectivity index (χ0n) is 12.8. The highest BCUT2D eigenvalue weighted by molar-refractivity contribution is 6.36. The average molecular weight is 412 g/mol. The van der Waals surface area contributed by atoms with Crippen LogP contribution in [0.15, 0.2) is 48.2 Å². The Morgan fingerprint density at radius 2 is 1.88 bits per heavy atom. The van der Waals surface area contributed by atoms with Gasteiger partial charge in [-0.15, -0.1) is 0 Å². The molecule has 0 bridgehead atoms. The molecule has 10 heteroatoms. The van der Waals surface area contributed by atoms with Gasteiger partial charge in [0.1, 0.15) is 16.7 Å². The number of nitro groups is 1. The first-order valence-electron chi connectivity index (χ1n) is 6.89. The first-order valence-corrected chi connectivity index (χ1v) is 8.02. The van der Waals surface area contributed by atoms with E-state index < -0.39 is 10.8 Å². The van der Waals surface area contributed by atoms with Crippen molar-refractivity contribution in [2.24, 2.45) is 0 Å². The third kappa shape index (κ3) is 4.86. The van der Waals surface area contributed by atoms with E-state index >= 15 is 0 Å². The summed E-state index contributed by atoms with van der Waals surface area (Å²) < 4.78 is 0. The van der Waals surface area contributed by atoms with Gasteiger partial charge in [0, 0.05) is 23.0 Å². The van der Waals surface area contributed by atoms with Gasteiger partial charge in [-0.3, -0.25) is 14.9 Å². The molecule has 2 aromatic carbocycles. The highest BCUT2D eigenvalue weighted by Gasteiger charge is 2.15. The quantitative estimate of drug-likeness (QED) is 0.311. The van der Waals surface area contributed by atoms with Gasteiger partial charge < -0.3 is 10.6 Å². The minimum atomic E-state index is -0.762. The topological polar surface area (TPSA) is 108 Å². The molecule has 0 fully saturated rings. The maximum atomic E-state index is 12.2. The standard InChI is InChI=1S/C16H9Cl3N4O3/c17-10-1-4-14(13(19)5-10)21-8-9(7-20)16(24)22-11-2-3-12(18)15(6-11)23(25)26/h1-6,8,21H,(H,22,24)/b9-8-. The number of rotatable bonds is 5. The van der Waals surface area contributed by atoms with Crippen molar-refractivity contribution < 1.29 is 9.72 Å². The molecule has 7 nitrogen and oxygen atoms in total. The van der Waals surface area contributed by atoms with Crippen LogP contribution in [0.25, 0.3) is 0 Å². The van der Waals surface area contributed by atoms with Crippen LogP contribution in [0.3, 0.4) is 0 Å². The maximum Gasteiger partial charge on any atom is 0.289 e. The van der Waals surface area contributed by atoms with E-state index in [-0.39, 0.29) is 22.0 Å². The molecule has 0 saturated heterocycles. The lowest BCUT2D eigenvalue weighted by atomic mass is 10.2. The number of hydrogen-bond acceptors (Lipinski definition) is 5. The van der Waals surface area contributed by atoms with Crippen LogP contribution in [0, 0.1) is 21.4 Å². The Morgan fingerprint density at radius 3 is 2.50 bits per heavy atom. The molecule has 1 amide bonds. The SMILES string of the molecule is N#C/C(=C/Nc1ccc(Cl)cc1Cl)C(=O)Nc1ccc(Cl)c([N+](=O)[O-])c1. The van der Waals surface area contributed by atoms with Crippen molar-refractivity contribution in [1.82, 2.24) is 0 Å². The molecule has 2 N–H and O–H groups in total. The molecule has 0 radical (unpaired) electrons. The fourth-order valence-corrected chi connectivity index (χ4v) is 2.48. The van der Waals surface area contributed by atoms with Crippen LogP contribution in [0.2, 0.25) is 15.1 Å². The zero-order chi connectivity index (χ0) is 19.3. The number of carbonyl (C=O) groups is 1. The van der Waals surface area contributed by atoms with Crippen molar-refractivity contribution in [3.05, 3.63) is 73.4 Å².